The third kappa shape index (κ3) is 7.23. The Bertz CT molecular complexity index is 941. The molecule has 1 aliphatic rings. The lowest BCUT2D eigenvalue weighted by Gasteiger charge is -2.34. The van der Waals surface area contributed by atoms with Crippen molar-refractivity contribution in [3.05, 3.63) is 30.1 Å². The first-order valence-corrected chi connectivity index (χ1v) is 11.7. The second-order valence-corrected chi connectivity index (χ2v) is 9.43. The molecule has 0 N–H and O–H groups in total. The van der Waals surface area contributed by atoms with Gasteiger partial charge in [0.2, 0.25) is 0 Å². The van der Waals surface area contributed by atoms with Crippen LogP contribution in [-0.4, -0.2) is 96.8 Å². The van der Waals surface area contributed by atoms with Crippen LogP contribution < -0.4 is 0 Å². The molecule has 1 aromatic heterocycles. The normalized spacial score (nSPS) is 16.6. The molecule has 1 aliphatic heterocycles. The zero-order valence-electron chi connectivity index (χ0n) is 17.1. The standard InChI is InChI=1S/C18H25F3N6O3S/c1-31(28,29)16-5-3-15(4-6-16)27-17(22-23-24-27)13-26-10-8-25(9-11-26)7-2-12-30-14-18(19,20)21/h3-6H,2,7-14H2,1H3. The molecule has 172 valence electrons. The van der Waals surface area contributed by atoms with Gasteiger partial charge < -0.3 is 9.64 Å². The van der Waals surface area contributed by atoms with Crippen LogP contribution in [0.15, 0.2) is 29.2 Å². The number of halogens is 3. The van der Waals surface area contributed by atoms with Gasteiger partial charge in [-0.15, -0.1) is 5.10 Å². The summed E-state index contributed by atoms with van der Waals surface area (Å²) in [5.74, 6) is 0.640. The fraction of sp³-hybridized carbons (Fsp3) is 0.611. The van der Waals surface area contributed by atoms with Crippen LogP contribution in [0.2, 0.25) is 0 Å². The second-order valence-electron chi connectivity index (χ2n) is 7.41. The minimum atomic E-state index is -4.28. The number of ether oxygens (including phenoxy) is 1. The number of aromatic nitrogens is 4. The van der Waals surface area contributed by atoms with E-state index in [2.05, 4.69) is 30.1 Å². The van der Waals surface area contributed by atoms with Gasteiger partial charge in [0.05, 0.1) is 17.1 Å². The third-order valence-electron chi connectivity index (χ3n) is 4.90. The summed E-state index contributed by atoms with van der Waals surface area (Å²) in [5.41, 5.74) is 0.671. The monoisotopic (exact) mass is 462 g/mol. The number of alkyl halides is 3. The first-order valence-electron chi connectivity index (χ1n) is 9.79. The van der Waals surface area contributed by atoms with E-state index < -0.39 is 22.6 Å². The van der Waals surface area contributed by atoms with Crippen molar-refractivity contribution in [2.75, 3.05) is 52.2 Å². The molecule has 0 saturated carbocycles. The molecule has 0 bridgehead atoms. The molecule has 9 nitrogen and oxygen atoms in total. The summed E-state index contributed by atoms with van der Waals surface area (Å²) in [6.07, 6.45) is -2.58. The number of tetrazole rings is 1. The van der Waals surface area contributed by atoms with Crippen LogP contribution in [0.4, 0.5) is 13.2 Å². The van der Waals surface area contributed by atoms with E-state index in [9.17, 15) is 21.6 Å². The molecule has 1 fully saturated rings. The van der Waals surface area contributed by atoms with E-state index in [1.165, 1.54) is 12.1 Å². The molecule has 0 aliphatic carbocycles. The lowest BCUT2D eigenvalue weighted by molar-refractivity contribution is -0.174. The predicted molar refractivity (Wildman–Crippen MR) is 105 cm³/mol. The minimum Gasteiger partial charge on any atom is -0.372 e. The van der Waals surface area contributed by atoms with Crippen LogP contribution >= 0.6 is 0 Å². The Morgan fingerprint density at radius 3 is 2.32 bits per heavy atom. The van der Waals surface area contributed by atoms with Crippen molar-refractivity contribution in [2.24, 2.45) is 0 Å². The smallest absolute Gasteiger partial charge is 0.372 e. The van der Waals surface area contributed by atoms with Crippen LogP contribution in [0.5, 0.6) is 0 Å². The SMILES string of the molecule is CS(=O)(=O)c1ccc(-n2nnnc2CN2CCN(CCCOCC(F)(F)F)CC2)cc1. The van der Waals surface area contributed by atoms with Crippen molar-refractivity contribution in [1.82, 2.24) is 30.0 Å². The molecule has 0 atom stereocenters. The average molecular weight is 462 g/mol. The van der Waals surface area contributed by atoms with E-state index in [0.29, 0.717) is 31.0 Å². The van der Waals surface area contributed by atoms with Gasteiger partial charge in [-0.3, -0.25) is 4.90 Å². The summed E-state index contributed by atoms with van der Waals surface area (Å²) in [7, 11) is -3.27. The lowest BCUT2D eigenvalue weighted by Crippen LogP contribution is -2.46. The van der Waals surface area contributed by atoms with E-state index in [4.69, 9.17) is 0 Å². The van der Waals surface area contributed by atoms with Crippen molar-refractivity contribution >= 4 is 9.84 Å². The van der Waals surface area contributed by atoms with Gasteiger partial charge in [-0.2, -0.15) is 17.9 Å². The Morgan fingerprint density at radius 1 is 1.06 bits per heavy atom. The second kappa shape index (κ2) is 10.0. The minimum absolute atomic E-state index is 0.0899. The number of nitrogens with zero attached hydrogens (tertiary/aromatic N) is 6. The fourth-order valence-corrected chi connectivity index (χ4v) is 3.92. The Kier molecular flexibility index (Phi) is 7.62. The van der Waals surface area contributed by atoms with E-state index in [1.54, 1.807) is 16.8 Å². The van der Waals surface area contributed by atoms with E-state index in [1.807, 2.05) is 0 Å². The number of hydrogen-bond donors (Lipinski definition) is 0. The summed E-state index contributed by atoms with van der Waals surface area (Å²) in [4.78, 5) is 4.62. The highest BCUT2D eigenvalue weighted by atomic mass is 32.2. The third-order valence-corrected chi connectivity index (χ3v) is 6.03. The first-order chi connectivity index (χ1) is 14.6. The molecule has 1 aromatic carbocycles. The van der Waals surface area contributed by atoms with E-state index >= 15 is 0 Å². The Labute approximate surface area is 178 Å². The quantitative estimate of drug-likeness (QED) is 0.513. The Balaban J connectivity index is 1.46. The number of rotatable bonds is 9. The predicted octanol–water partition coefficient (Wildman–Crippen LogP) is 1.15. The Morgan fingerprint density at radius 2 is 1.71 bits per heavy atom. The number of piperazine rings is 1. The highest BCUT2D eigenvalue weighted by Gasteiger charge is 2.27. The average Bonchev–Trinajstić information content (AvgIpc) is 3.16. The number of hydrogen-bond acceptors (Lipinski definition) is 8. The largest absolute Gasteiger partial charge is 0.411 e. The van der Waals surface area contributed by atoms with Gasteiger partial charge in [0, 0.05) is 45.6 Å². The molecular weight excluding hydrogens is 437 g/mol. The molecule has 13 heteroatoms. The molecule has 3 rings (SSSR count). The van der Waals surface area contributed by atoms with Gasteiger partial charge in [-0.05, 0) is 41.1 Å². The molecule has 0 unspecified atom stereocenters. The zero-order valence-corrected chi connectivity index (χ0v) is 17.9. The zero-order chi connectivity index (χ0) is 22.5. The summed E-state index contributed by atoms with van der Waals surface area (Å²) in [6.45, 7) is 3.26. The van der Waals surface area contributed by atoms with Gasteiger partial charge in [0.15, 0.2) is 15.7 Å². The van der Waals surface area contributed by atoms with E-state index in [-0.39, 0.29) is 11.5 Å². The maximum atomic E-state index is 12.1. The molecule has 31 heavy (non-hydrogen) atoms. The highest BCUT2D eigenvalue weighted by molar-refractivity contribution is 7.90. The topological polar surface area (TPSA) is 93.4 Å². The van der Waals surface area contributed by atoms with Gasteiger partial charge in [-0.25, -0.2) is 8.42 Å². The van der Waals surface area contributed by atoms with Crippen LogP contribution in [0, 0.1) is 0 Å². The van der Waals surface area contributed by atoms with Crippen LogP contribution in [-0.2, 0) is 21.1 Å². The van der Waals surface area contributed by atoms with Crippen molar-refractivity contribution in [3.8, 4) is 5.69 Å². The number of benzene rings is 1. The molecule has 0 amide bonds. The van der Waals surface area contributed by atoms with Crippen molar-refractivity contribution in [1.29, 1.82) is 0 Å². The van der Waals surface area contributed by atoms with Crippen molar-refractivity contribution in [2.45, 2.75) is 24.0 Å². The maximum absolute atomic E-state index is 12.1. The molecule has 2 aromatic rings. The molecule has 0 radical (unpaired) electrons. The Hall–Kier alpha value is -2.09. The van der Waals surface area contributed by atoms with Crippen LogP contribution in [0.25, 0.3) is 5.69 Å². The van der Waals surface area contributed by atoms with Crippen molar-refractivity contribution in [3.63, 3.8) is 0 Å². The van der Waals surface area contributed by atoms with Crippen molar-refractivity contribution < 1.29 is 26.3 Å². The lowest BCUT2D eigenvalue weighted by atomic mass is 10.3. The van der Waals surface area contributed by atoms with Gasteiger partial charge in [0.1, 0.15) is 6.61 Å². The number of sulfone groups is 1. The fourth-order valence-electron chi connectivity index (χ4n) is 3.29. The summed E-state index contributed by atoms with van der Waals surface area (Å²) in [6, 6.07) is 6.37. The van der Waals surface area contributed by atoms with Crippen LogP contribution in [0.1, 0.15) is 12.2 Å². The highest BCUT2D eigenvalue weighted by Crippen LogP contribution is 2.16. The maximum Gasteiger partial charge on any atom is 0.411 e. The molecule has 1 saturated heterocycles. The van der Waals surface area contributed by atoms with Gasteiger partial charge >= 0.3 is 6.18 Å². The van der Waals surface area contributed by atoms with Gasteiger partial charge in [0.25, 0.3) is 0 Å². The molecular formula is C18H25F3N6O3S. The van der Waals surface area contributed by atoms with Crippen LogP contribution in [0.3, 0.4) is 0 Å². The van der Waals surface area contributed by atoms with Gasteiger partial charge in [-0.1, -0.05) is 0 Å². The summed E-state index contributed by atoms with van der Waals surface area (Å²) < 4.78 is 65.6. The summed E-state index contributed by atoms with van der Waals surface area (Å²) in [5, 5.41) is 11.8. The first kappa shape index (κ1) is 23.6. The van der Waals surface area contributed by atoms with E-state index in [0.717, 1.165) is 32.4 Å². The molecule has 0 spiro atoms. The summed E-state index contributed by atoms with van der Waals surface area (Å²) >= 11 is 0. The molecule has 2 heterocycles.